The van der Waals surface area contributed by atoms with Crippen molar-refractivity contribution in [2.24, 2.45) is 0 Å². The van der Waals surface area contributed by atoms with E-state index < -0.39 is 0 Å². The predicted octanol–water partition coefficient (Wildman–Crippen LogP) is 2.98. The molecule has 0 radical (unpaired) electrons. The van der Waals surface area contributed by atoms with Crippen molar-refractivity contribution < 1.29 is 23.1 Å². The Hall–Kier alpha value is -2.76. The average molecular weight is 317 g/mol. The van der Waals surface area contributed by atoms with Crippen molar-refractivity contribution in [3.63, 3.8) is 0 Å². The zero-order valence-corrected chi connectivity index (χ0v) is 12.6. The van der Waals surface area contributed by atoms with Gasteiger partial charge in [0.05, 0.1) is 6.54 Å². The summed E-state index contributed by atoms with van der Waals surface area (Å²) in [5, 5.41) is 2.72. The summed E-state index contributed by atoms with van der Waals surface area (Å²) in [4.78, 5) is 12.0. The summed E-state index contributed by atoms with van der Waals surface area (Å²) in [5.74, 6) is 1.23. The van der Waals surface area contributed by atoms with Crippen molar-refractivity contribution in [2.45, 2.75) is 13.5 Å². The van der Waals surface area contributed by atoms with Crippen molar-refractivity contribution >= 4 is 5.91 Å². The monoisotopic (exact) mass is 317 g/mol. The number of ether oxygens (including phenoxy) is 2. The number of furan rings is 1. The molecule has 120 valence electrons. The number of rotatable bonds is 4. The first-order valence-corrected chi connectivity index (χ1v) is 7.23. The van der Waals surface area contributed by atoms with Crippen LogP contribution in [0.15, 0.2) is 52.3 Å². The Morgan fingerprint density at radius 2 is 1.87 bits per heavy atom. The first-order chi connectivity index (χ1) is 11.1. The predicted molar refractivity (Wildman–Crippen MR) is 80.6 cm³/mol. The molecule has 3 rings (SSSR count). The molecule has 0 spiro atoms. The minimum absolute atomic E-state index is 0.196. The van der Waals surface area contributed by atoms with E-state index >= 15 is 0 Å². The van der Waals surface area contributed by atoms with Gasteiger partial charge in [0, 0.05) is 5.56 Å². The molecular formula is C17H16FNO4. The molecule has 0 aliphatic carbocycles. The Balaban J connectivity index is 1.63. The lowest BCUT2D eigenvalue weighted by Crippen LogP contribution is -2.29. The first kappa shape index (κ1) is 15.1. The number of hydrogen-bond acceptors (Lipinski definition) is 4. The lowest BCUT2D eigenvalue weighted by Gasteiger charge is -2.19. The number of allylic oxidation sites excluding steroid dienone is 1. The van der Waals surface area contributed by atoms with E-state index in [2.05, 4.69) is 5.32 Å². The van der Waals surface area contributed by atoms with Gasteiger partial charge in [-0.2, -0.15) is 0 Å². The molecule has 2 heterocycles. The summed E-state index contributed by atoms with van der Waals surface area (Å²) in [6.45, 7) is 2.71. The second-order valence-electron chi connectivity index (χ2n) is 5.04. The molecule has 0 saturated carbocycles. The van der Waals surface area contributed by atoms with Crippen LogP contribution in [0.5, 0.6) is 0 Å². The highest BCUT2D eigenvalue weighted by molar-refractivity contribution is 5.91. The highest BCUT2D eigenvalue weighted by atomic mass is 19.1. The molecule has 0 saturated heterocycles. The van der Waals surface area contributed by atoms with Gasteiger partial charge >= 0.3 is 0 Å². The quantitative estimate of drug-likeness (QED) is 0.942. The van der Waals surface area contributed by atoms with Crippen LogP contribution in [0, 0.1) is 5.82 Å². The van der Waals surface area contributed by atoms with E-state index in [0.717, 1.165) is 5.56 Å². The Morgan fingerprint density at radius 3 is 2.61 bits per heavy atom. The van der Waals surface area contributed by atoms with Gasteiger partial charge in [-0.05, 0) is 43.3 Å². The fourth-order valence-electron chi connectivity index (χ4n) is 2.22. The van der Waals surface area contributed by atoms with Gasteiger partial charge in [0.1, 0.15) is 36.3 Å². The summed E-state index contributed by atoms with van der Waals surface area (Å²) in [7, 11) is 0. The maximum absolute atomic E-state index is 12.9. The molecule has 0 fully saturated rings. The highest BCUT2D eigenvalue weighted by Crippen LogP contribution is 2.22. The van der Waals surface area contributed by atoms with Crippen molar-refractivity contribution in [3.8, 4) is 11.3 Å². The number of hydrogen-bond donors (Lipinski definition) is 1. The minimum Gasteiger partial charge on any atom is -0.491 e. The van der Waals surface area contributed by atoms with E-state index in [9.17, 15) is 9.18 Å². The molecule has 0 unspecified atom stereocenters. The Kier molecular flexibility index (Phi) is 4.32. The summed E-state index contributed by atoms with van der Waals surface area (Å²) in [6, 6.07) is 9.55. The number of carbonyl (C=O) groups excluding carboxylic acids is 1. The molecule has 0 bridgehead atoms. The molecule has 1 aliphatic rings. The van der Waals surface area contributed by atoms with Gasteiger partial charge in [0.15, 0.2) is 0 Å². The minimum atomic E-state index is -0.345. The molecule has 1 N–H and O–H groups in total. The van der Waals surface area contributed by atoms with Crippen LogP contribution < -0.4 is 5.32 Å². The van der Waals surface area contributed by atoms with Crippen LogP contribution in [0.3, 0.4) is 0 Å². The topological polar surface area (TPSA) is 60.7 Å². The van der Waals surface area contributed by atoms with Crippen molar-refractivity contribution in [2.75, 3.05) is 13.2 Å². The highest BCUT2D eigenvalue weighted by Gasteiger charge is 2.19. The number of amides is 1. The first-order valence-electron chi connectivity index (χ1n) is 7.23. The van der Waals surface area contributed by atoms with E-state index in [0.29, 0.717) is 30.5 Å². The zero-order chi connectivity index (χ0) is 16.2. The Morgan fingerprint density at radius 1 is 1.13 bits per heavy atom. The van der Waals surface area contributed by atoms with Gasteiger partial charge in [-0.15, -0.1) is 0 Å². The largest absolute Gasteiger partial charge is 0.491 e. The van der Waals surface area contributed by atoms with Gasteiger partial charge in [-0.3, -0.25) is 4.79 Å². The van der Waals surface area contributed by atoms with Crippen molar-refractivity contribution in [1.29, 1.82) is 0 Å². The molecule has 1 amide bonds. The third-order valence-electron chi connectivity index (χ3n) is 3.39. The van der Waals surface area contributed by atoms with Crippen LogP contribution in [0.4, 0.5) is 4.39 Å². The maximum atomic E-state index is 12.9. The molecule has 1 aromatic heterocycles. The summed E-state index contributed by atoms with van der Waals surface area (Å²) in [6.07, 6.45) is 0. The van der Waals surface area contributed by atoms with Gasteiger partial charge in [-0.1, -0.05) is 0 Å². The lowest BCUT2D eigenvalue weighted by atomic mass is 10.2. The van der Waals surface area contributed by atoms with Crippen LogP contribution in [-0.4, -0.2) is 19.1 Å². The van der Waals surface area contributed by atoms with Gasteiger partial charge in [0.2, 0.25) is 5.76 Å². The van der Waals surface area contributed by atoms with Crippen molar-refractivity contribution in [3.05, 3.63) is 59.5 Å². The van der Waals surface area contributed by atoms with E-state index in [1.54, 1.807) is 31.2 Å². The standard InChI is InChI=1S/C17H16FNO4/c1-11-16(22-9-8-21-11)17(20)19-10-14-6-7-15(23-14)12-2-4-13(18)5-3-12/h2-7H,8-10H2,1H3,(H,19,20). The second kappa shape index (κ2) is 6.56. The van der Waals surface area contributed by atoms with E-state index in [4.69, 9.17) is 13.9 Å². The van der Waals surface area contributed by atoms with E-state index in [-0.39, 0.29) is 24.0 Å². The van der Waals surface area contributed by atoms with Crippen molar-refractivity contribution in [1.82, 2.24) is 5.32 Å². The summed E-state index contributed by atoms with van der Waals surface area (Å²) < 4.78 is 29.1. The molecular weight excluding hydrogens is 301 g/mol. The lowest BCUT2D eigenvalue weighted by molar-refractivity contribution is -0.123. The van der Waals surface area contributed by atoms with Gasteiger partial charge in [0.25, 0.3) is 5.91 Å². The van der Waals surface area contributed by atoms with Crippen LogP contribution in [0.25, 0.3) is 11.3 Å². The van der Waals surface area contributed by atoms with Crippen LogP contribution in [-0.2, 0) is 20.8 Å². The number of carbonyl (C=O) groups is 1. The summed E-state index contributed by atoms with van der Waals surface area (Å²) >= 11 is 0. The molecule has 23 heavy (non-hydrogen) atoms. The van der Waals surface area contributed by atoms with Gasteiger partial charge in [-0.25, -0.2) is 4.39 Å². The SMILES string of the molecule is CC1=C(C(=O)NCc2ccc(-c3ccc(F)cc3)o2)OCCO1. The third-order valence-corrected chi connectivity index (χ3v) is 3.39. The average Bonchev–Trinajstić information content (AvgIpc) is 3.03. The van der Waals surface area contributed by atoms with E-state index in [1.807, 2.05) is 0 Å². The van der Waals surface area contributed by atoms with Crippen LogP contribution >= 0.6 is 0 Å². The normalized spacial score (nSPS) is 14.2. The molecule has 1 aromatic carbocycles. The van der Waals surface area contributed by atoms with Crippen LogP contribution in [0.2, 0.25) is 0 Å². The fraction of sp³-hybridized carbons (Fsp3) is 0.235. The second-order valence-corrected chi connectivity index (χ2v) is 5.04. The molecule has 5 nitrogen and oxygen atoms in total. The number of halogens is 1. The van der Waals surface area contributed by atoms with Crippen LogP contribution in [0.1, 0.15) is 12.7 Å². The Labute approximate surface area is 132 Å². The summed E-state index contributed by atoms with van der Waals surface area (Å²) in [5.41, 5.74) is 0.770. The third kappa shape index (κ3) is 3.53. The maximum Gasteiger partial charge on any atom is 0.290 e. The molecule has 0 atom stereocenters. The molecule has 2 aromatic rings. The smallest absolute Gasteiger partial charge is 0.290 e. The molecule has 1 aliphatic heterocycles. The van der Waals surface area contributed by atoms with E-state index in [1.165, 1.54) is 12.1 Å². The number of benzene rings is 1. The zero-order valence-electron chi connectivity index (χ0n) is 12.6. The van der Waals surface area contributed by atoms with Gasteiger partial charge < -0.3 is 19.2 Å². The number of nitrogens with one attached hydrogen (secondary N) is 1. The molecule has 6 heteroatoms. The fourth-order valence-corrected chi connectivity index (χ4v) is 2.22. The Bertz CT molecular complexity index is 733.